The molecule has 1 aliphatic heterocycles. The summed E-state index contributed by atoms with van der Waals surface area (Å²) < 4.78 is 1.83. The second-order valence-electron chi connectivity index (χ2n) is 7.94. The van der Waals surface area contributed by atoms with Crippen LogP contribution in [0, 0.1) is 18.3 Å². The van der Waals surface area contributed by atoms with E-state index in [0.29, 0.717) is 11.2 Å². The molecule has 31 heavy (non-hydrogen) atoms. The van der Waals surface area contributed by atoms with Gasteiger partial charge in [-0.2, -0.15) is 5.26 Å². The van der Waals surface area contributed by atoms with E-state index in [2.05, 4.69) is 57.3 Å². The van der Waals surface area contributed by atoms with Crippen LogP contribution < -0.4 is 4.90 Å². The van der Waals surface area contributed by atoms with Crippen LogP contribution in [0.2, 0.25) is 0 Å². The maximum Gasteiger partial charge on any atom is 0.176 e. The fourth-order valence-electron chi connectivity index (χ4n) is 4.22. The Balaban J connectivity index is 1.45. The van der Waals surface area contributed by atoms with E-state index >= 15 is 0 Å². The number of aromatic nitrogens is 3. The Morgan fingerprint density at radius 1 is 0.935 bits per heavy atom. The van der Waals surface area contributed by atoms with Gasteiger partial charge in [0.25, 0.3) is 0 Å². The summed E-state index contributed by atoms with van der Waals surface area (Å²) in [6, 6.07) is 25.1. The van der Waals surface area contributed by atoms with E-state index in [4.69, 9.17) is 5.10 Å². The first-order valence-electron chi connectivity index (χ1n) is 10.6. The largest absolute Gasteiger partial charge is 0.351 e. The number of anilines is 1. The van der Waals surface area contributed by atoms with Crippen LogP contribution in [0.15, 0.2) is 66.7 Å². The number of fused-ring (bicyclic) bond motifs is 1. The van der Waals surface area contributed by atoms with Crippen molar-refractivity contribution >= 4 is 11.5 Å². The number of hydrogen-bond acceptors (Lipinski definition) is 5. The van der Waals surface area contributed by atoms with Gasteiger partial charge in [0.1, 0.15) is 11.6 Å². The quantitative estimate of drug-likeness (QED) is 0.513. The lowest BCUT2D eigenvalue weighted by Crippen LogP contribution is -2.46. The van der Waals surface area contributed by atoms with Crippen molar-refractivity contribution in [1.82, 2.24) is 19.5 Å². The van der Waals surface area contributed by atoms with Crippen molar-refractivity contribution in [3.63, 3.8) is 0 Å². The summed E-state index contributed by atoms with van der Waals surface area (Å²) in [5.74, 6) is 0.733. The fraction of sp³-hybridized carbons (Fsp3) is 0.240. The van der Waals surface area contributed by atoms with Gasteiger partial charge >= 0.3 is 0 Å². The number of piperazine rings is 1. The van der Waals surface area contributed by atoms with Crippen LogP contribution in [-0.4, -0.2) is 45.7 Å². The lowest BCUT2D eigenvalue weighted by Gasteiger charge is -2.34. The monoisotopic (exact) mass is 408 g/mol. The molecule has 154 valence electrons. The predicted molar refractivity (Wildman–Crippen MR) is 122 cm³/mol. The van der Waals surface area contributed by atoms with E-state index in [1.807, 2.05) is 41.8 Å². The minimum Gasteiger partial charge on any atom is -0.351 e. The molecule has 1 saturated heterocycles. The molecule has 0 saturated carbocycles. The van der Waals surface area contributed by atoms with Crippen LogP contribution >= 0.6 is 0 Å². The number of rotatable bonds is 4. The number of aryl methyl sites for hydroxylation is 1. The summed E-state index contributed by atoms with van der Waals surface area (Å²) in [6.07, 6.45) is 0. The summed E-state index contributed by atoms with van der Waals surface area (Å²) in [5.41, 5.74) is 5.40. The molecular formula is C25H24N6. The SMILES string of the molecule is Cc1cc(-c2ccccc2)n2nc(N3CCN(Cc4ccccc4)CC3)c(C#N)c2n1. The van der Waals surface area contributed by atoms with Gasteiger partial charge in [0, 0.05) is 44.0 Å². The molecule has 4 aromatic rings. The van der Waals surface area contributed by atoms with E-state index in [-0.39, 0.29) is 0 Å². The molecule has 0 atom stereocenters. The second kappa shape index (κ2) is 8.21. The summed E-state index contributed by atoms with van der Waals surface area (Å²) in [5, 5.41) is 14.8. The molecule has 5 rings (SSSR count). The normalized spacial score (nSPS) is 14.6. The highest BCUT2D eigenvalue weighted by molar-refractivity contribution is 5.73. The fourth-order valence-corrected chi connectivity index (χ4v) is 4.22. The molecule has 0 aliphatic carbocycles. The zero-order chi connectivity index (χ0) is 21.2. The topological polar surface area (TPSA) is 60.5 Å². The van der Waals surface area contributed by atoms with Gasteiger partial charge in [0.2, 0.25) is 0 Å². The first kappa shape index (κ1) is 19.3. The molecule has 0 amide bonds. The van der Waals surface area contributed by atoms with Crippen molar-refractivity contribution in [3.8, 4) is 17.3 Å². The molecule has 0 spiro atoms. The number of hydrogen-bond donors (Lipinski definition) is 0. The Kier molecular flexibility index (Phi) is 5.11. The first-order chi connectivity index (χ1) is 15.2. The molecule has 0 radical (unpaired) electrons. The van der Waals surface area contributed by atoms with E-state index in [1.165, 1.54) is 5.56 Å². The Morgan fingerprint density at radius 3 is 2.29 bits per heavy atom. The molecule has 0 N–H and O–H groups in total. The molecule has 2 aromatic heterocycles. The van der Waals surface area contributed by atoms with Crippen LogP contribution in [-0.2, 0) is 6.54 Å². The van der Waals surface area contributed by atoms with Crippen LogP contribution in [0.1, 0.15) is 16.8 Å². The number of benzene rings is 2. The summed E-state index contributed by atoms with van der Waals surface area (Å²) >= 11 is 0. The Bertz CT molecular complexity index is 1230. The Hall–Kier alpha value is -3.69. The number of nitriles is 1. The standard InChI is InChI=1S/C25H24N6/c1-19-16-23(21-10-6-3-7-11-21)31-24(27-19)22(17-26)25(28-31)30-14-12-29(13-15-30)18-20-8-4-2-5-9-20/h2-11,16H,12-15,18H2,1H3. The molecule has 0 unspecified atom stereocenters. The lowest BCUT2D eigenvalue weighted by atomic mass is 10.1. The van der Waals surface area contributed by atoms with Gasteiger partial charge < -0.3 is 4.90 Å². The summed E-state index contributed by atoms with van der Waals surface area (Å²) in [7, 11) is 0. The highest BCUT2D eigenvalue weighted by Gasteiger charge is 2.25. The van der Waals surface area contributed by atoms with Gasteiger partial charge in [0.15, 0.2) is 11.5 Å². The zero-order valence-corrected chi connectivity index (χ0v) is 17.6. The summed E-state index contributed by atoms with van der Waals surface area (Å²) in [4.78, 5) is 9.33. The van der Waals surface area contributed by atoms with Gasteiger partial charge in [0.05, 0.1) is 5.69 Å². The van der Waals surface area contributed by atoms with Gasteiger partial charge in [-0.1, -0.05) is 60.7 Å². The number of nitrogens with zero attached hydrogens (tertiary/aromatic N) is 6. The predicted octanol–water partition coefficient (Wildman–Crippen LogP) is 3.90. The van der Waals surface area contributed by atoms with E-state index in [1.54, 1.807) is 0 Å². The third-order valence-electron chi connectivity index (χ3n) is 5.80. The van der Waals surface area contributed by atoms with Gasteiger partial charge in [-0.05, 0) is 18.6 Å². The second-order valence-corrected chi connectivity index (χ2v) is 7.94. The highest BCUT2D eigenvalue weighted by Crippen LogP contribution is 2.28. The molecular weight excluding hydrogens is 384 g/mol. The maximum atomic E-state index is 9.95. The third-order valence-corrected chi connectivity index (χ3v) is 5.80. The van der Waals surface area contributed by atoms with Crippen LogP contribution in [0.5, 0.6) is 0 Å². The maximum absolute atomic E-state index is 9.95. The average molecular weight is 409 g/mol. The van der Waals surface area contributed by atoms with Crippen LogP contribution in [0.25, 0.3) is 16.9 Å². The van der Waals surface area contributed by atoms with Gasteiger partial charge in [-0.15, -0.1) is 5.10 Å². The molecule has 1 aliphatic rings. The van der Waals surface area contributed by atoms with Crippen molar-refractivity contribution in [1.29, 1.82) is 5.26 Å². The van der Waals surface area contributed by atoms with Crippen LogP contribution in [0.4, 0.5) is 5.82 Å². The zero-order valence-electron chi connectivity index (χ0n) is 17.6. The average Bonchev–Trinajstić information content (AvgIpc) is 3.18. The Morgan fingerprint density at radius 2 is 1.61 bits per heavy atom. The van der Waals surface area contributed by atoms with Crippen molar-refractivity contribution in [3.05, 3.63) is 83.6 Å². The molecule has 2 aromatic carbocycles. The van der Waals surface area contributed by atoms with Crippen molar-refractivity contribution in [2.75, 3.05) is 31.1 Å². The molecule has 0 bridgehead atoms. The molecule has 6 heteroatoms. The lowest BCUT2D eigenvalue weighted by molar-refractivity contribution is 0.249. The molecule has 1 fully saturated rings. The smallest absolute Gasteiger partial charge is 0.176 e. The van der Waals surface area contributed by atoms with Crippen molar-refractivity contribution < 1.29 is 0 Å². The Labute approximate surface area is 182 Å². The minimum absolute atomic E-state index is 0.553. The minimum atomic E-state index is 0.553. The molecule has 3 heterocycles. The van der Waals surface area contributed by atoms with Gasteiger partial charge in [-0.25, -0.2) is 9.50 Å². The molecule has 6 nitrogen and oxygen atoms in total. The van der Waals surface area contributed by atoms with E-state index < -0.39 is 0 Å². The summed E-state index contributed by atoms with van der Waals surface area (Å²) in [6.45, 7) is 6.46. The van der Waals surface area contributed by atoms with E-state index in [9.17, 15) is 5.26 Å². The van der Waals surface area contributed by atoms with Crippen LogP contribution in [0.3, 0.4) is 0 Å². The third kappa shape index (κ3) is 3.76. The highest BCUT2D eigenvalue weighted by atomic mass is 15.4. The van der Waals surface area contributed by atoms with Crippen molar-refractivity contribution in [2.24, 2.45) is 0 Å². The van der Waals surface area contributed by atoms with Crippen molar-refractivity contribution in [2.45, 2.75) is 13.5 Å². The van der Waals surface area contributed by atoms with E-state index in [0.717, 1.165) is 55.5 Å². The first-order valence-corrected chi connectivity index (χ1v) is 10.6. The van der Waals surface area contributed by atoms with Gasteiger partial charge in [-0.3, -0.25) is 4.90 Å².